The van der Waals surface area contributed by atoms with Crippen molar-refractivity contribution in [2.45, 2.75) is 0 Å². The van der Waals surface area contributed by atoms with Crippen LogP contribution >= 0.6 is 34.5 Å². The van der Waals surface area contributed by atoms with Gasteiger partial charge in [-0.3, -0.25) is 0 Å². The van der Waals surface area contributed by atoms with Crippen LogP contribution in [0, 0.1) is 11.3 Å². The van der Waals surface area contributed by atoms with Crippen molar-refractivity contribution >= 4 is 57.0 Å². The van der Waals surface area contributed by atoms with Crippen molar-refractivity contribution in [1.29, 1.82) is 5.26 Å². The van der Waals surface area contributed by atoms with Crippen LogP contribution in [0.15, 0.2) is 82.6 Å². The first kappa shape index (κ1) is 20.5. The van der Waals surface area contributed by atoms with Gasteiger partial charge in [-0.2, -0.15) is 5.26 Å². The molecule has 3 nitrogen and oxygen atoms in total. The van der Waals surface area contributed by atoms with Crippen molar-refractivity contribution in [2.75, 3.05) is 0 Å². The zero-order valence-corrected chi connectivity index (χ0v) is 18.9. The maximum atomic E-state index is 9.80. The van der Waals surface area contributed by atoms with Crippen LogP contribution < -0.4 is 0 Å². The molecule has 5 rings (SSSR count). The SMILES string of the molecule is N#C/C(=C\c1cccc2ccccc12)c1nc(-c2ccc(-c3cc(Cl)cc(Cl)c3)o2)cs1. The van der Waals surface area contributed by atoms with Gasteiger partial charge in [0.05, 0.1) is 5.57 Å². The highest BCUT2D eigenvalue weighted by Gasteiger charge is 2.14. The van der Waals surface area contributed by atoms with Crippen LogP contribution in [0.3, 0.4) is 0 Å². The number of allylic oxidation sites excluding steroid dienone is 1. The fraction of sp³-hybridized carbons (Fsp3) is 0. The molecule has 0 N–H and O–H groups in total. The molecule has 0 bridgehead atoms. The molecule has 2 heterocycles. The fourth-order valence-corrected chi connectivity index (χ4v) is 4.81. The van der Waals surface area contributed by atoms with E-state index in [1.807, 2.05) is 47.9 Å². The average molecular weight is 473 g/mol. The molecule has 2 aromatic heterocycles. The molecule has 32 heavy (non-hydrogen) atoms. The number of rotatable bonds is 4. The third kappa shape index (κ3) is 4.06. The molecule has 5 aromatic rings. The van der Waals surface area contributed by atoms with Crippen LogP contribution in [-0.4, -0.2) is 4.98 Å². The van der Waals surface area contributed by atoms with E-state index in [1.165, 1.54) is 11.3 Å². The van der Waals surface area contributed by atoms with Crippen molar-refractivity contribution in [3.8, 4) is 28.8 Å². The van der Waals surface area contributed by atoms with E-state index in [1.54, 1.807) is 18.2 Å². The third-order valence-electron chi connectivity index (χ3n) is 4.98. The molecule has 0 aliphatic heterocycles. The van der Waals surface area contributed by atoms with E-state index in [2.05, 4.69) is 29.3 Å². The van der Waals surface area contributed by atoms with Crippen LogP contribution in [-0.2, 0) is 0 Å². The number of halogens is 2. The van der Waals surface area contributed by atoms with Gasteiger partial charge < -0.3 is 4.42 Å². The predicted octanol–water partition coefficient (Wildman–Crippen LogP) is 8.59. The molecule has 0 unspecified atom stereocenters. The molecule has 154 valence electrons. The minimum Gasteiger partial charge on any atom is -0.454 e. The van der Waals surface area contributed by atoms with E-state index in [-0.39, 0.29) is 0 Å². The molecule has 0 aliphatic rings. The van der Waals surface area contributed by atoms with Gasteiger partial charge in [-0.05, 0) is 52.7 Å². The molecule has 0 atom stereocenters. The zero-order chi connectivity index (χ0) is 22.1. The van der Waals surface area contributed by atoms with Crippen molar-refractivity contribution in [3.63, 3.8) is 0 Å². The number of nitriles is 1. The summed E-state index contributed by atoms with van der Waals surface area (Å²) in [5.41, 5.74) is 2.95. The van der Waals surface area contributed by atoms with E-state index < -0.39 is 0 Å². The van der Waals surface area contributed by atoms with Crippen molar-refractivity contribution in [1.82, 2.24) is 4.98 Å². The lowest BCUT2D eigenvalue weighted by Crippen LogP contribution is -1.83. The minimum atomic E-state index is 0.506. The van der Waals surface area contributed by atoms with Gasteiger partial charge in [0.15, 0.2) is 5.76 Å². The molecule has 0 spiro atoms. The van der Waals surface area contributed by atoms with Crippen molar-refractivity contribution < 1.29 is 4.42 Å². The van der Waals surface area contributed by atoms with E-state index in [0.29, 0.717) is 37.8 Å². The summed E-state index contributed by atoms with van der Waals surface area (Å²) in [5, 5.41) is 15.6. The number of nitrogens with zero attached hydrogens (tertiary/aromatic N) is 2. The molecule has 0 aliphatic carbocycles. The van der Waals surface area contributed by atoms with Crippen LogP contribution in [0.1, 0.15) is 10.6 Å². The summed E-state index contributed by atoms with van der Waals surface area (Å²) in [7, 11) is 0. The average Bonchev–Trinajstić information content (AvgIpc) is 3.47. The number of fused-ring (bicyclic) bond motifs is 1. The van der Waals surface area contributed by atoms with E-state index >= 15 is 0 Å². The summed E-state index contributed by atoms with van der Waals surface area (Å²) < 4.78 is 5.99. The summed E-state index contributed by atoms with van der Waals surface area (Å²) in [6.45, 7) is 0. The summed E-state index contributed by atoms with van der Waals surface area (Å²) >= 11 is 13.6. The first-order chi connectivity index (χ1) is 15.6. The third-order valence-corrected chi connectivity index (χ3v) is 6.30. The molecule has 3 aromatic carbocycles. The van der Waals surface area contributed by atoms with Crippen LogP contribution in [0.2, 0.25) is 10.0 Å². The number of hydrogen-bond acceptors (Lipinski definition) is 4. The van der Waals surface area contributed by atoms with Crippen molar-refractivity contribution in [2.24, 2.45) is 0 Å². The molecule has 0 amide bonds. The predicted molar refractivity (Wildman–Crippen MR) is 133 cm³/mol. The maximum absolute atomic E-state index is 9.80. The number of aromatic nitrogens is 1. The lowest BCUT2D eigenvalue weighted by Gasteiger charge is -2.02. The topological polar surface area (TPSA) is 49.8 Å². The van der Waals surface area contributed by atoms with Gasteiger partial charge in [0.2, 0.25) is 0 Å². The Morgan fingerprint density at radius 2 is 1.69 bits per heavy atom. The summed E-state index contributed by atoms with van der Waals surface area (Å²) in [6.07, 6.45) is 1.88. The molecular weight excluding hydrogens is 459 g/mol. The molecule has 0 saturated carbocycles. The molecule has 6 heteroatoms. The molecule has 0 radical (unpaired) electrons. The first-order valence-electron chi connectivity index (χ1n) is 9.73. The Morgan fingerprint density at radius 1 is 0.938 bits per heavy atom. The Bertz CT molecular complexity index is 1500. The van der Waals surface area contributed by atoms with Gasteiger partial charge in [-0.15, -0.1) is 11.3 Å². The number of furan rings is 1. The number of thiazole rings is 1. The monoisotopic (exact) mass is 472 g/mol. The Labute approximate surface area is 198 Å². The summed E-state index contributed by atoms with van der Waals surface area (Å²) in [4.78, 5) is 4.65. The largest absolute Gasteiger partial charge is 0.454 e. The first-order valence-corrected chi connectivity index (χ1v) is 11.4. The summed E-state index contributed by atoms with van der Waals surface area (Å²) in [6, 6.07) is 25.4. The summed E-state index contributed by atoms with van der Waals surface area (Å²) in [5.74, 6) is 1.26. The van der Waals surface area contributed by atoms with E-state index in [9.17, 15) is 5.26 Å². The van der Waals surface area contributed by atoms with Crippen LogP contribution in [0.4, 0.5) is 0 Å². The van der Waals surface area contributed by atoms with Crippen LogP contribution in [0.25, 0.3) is 45.2 Å². The molecular formula is C26H14Cl2N2OS. The second kappa shape index (κ2) is 8.64. The van der Waals surface area contributed by atoms with Crippen molar-refractivity contribution in [3.05, 3.63) is 98.8 Å². The fourth-order valence-electron chi connectivity index (χ4n) is 3.51. The Morgan fingerprint density at radius 3 is 2.50 bits per heavy atom. The Balaban J connectivity index is 1.48. The van der Waals surface area contributed by atoms with Gasteiger partial charge in [-0.1, -0.05) is 65.7 Å². The number of hydrogen-bond donors (Lipinski definition) is 0. The highest BCUT2D eigenvalue weighted by atomic mass is 35.5. The van der Waals surface area contributed by atoms with Gasteiger partial charge >= 0.3 is 0 Å². The zero-order valence-electron chi connectivity index (χ0n) is 16.5. The van der Waals surface area contributed by atoms with E-state index in [4.69, 9.17) is 27.6 Å². The Kier molecular flexibility index (Phi) is 5.55. The number of benzene rings is 3. The standard InChI is InChI=1S/C26H14Cl2N2OS/c27-20-11-18(12-21(28)13-20)24-8-9-25(31-24)23-15-32-26(30-23)19(14-29)10-17-6-3-5-16-4-1-2-7-22(16)17/h1-13,15H/b19-10+. The Hall–Kier alpha value is -3.36. The minimum absolute atomic E-state index is 0.506. The molecule has 0 saturated heterocycles. The highest BCUT2D eigenvalue weighted by molar-refractivity contribution is 7.11. The second-order valence-electron chi connectivity index (χ2n) is 7.10. The normalized spacial score (nSPS) is 11.6. The van der Waals surface area contributed by atoms with Gasteiger partial charge in [0.25, 0.3) is 0 Å². The lowest BCUT2D eigenvalue weighted by molar-refractivity contribution is 0.595. The van der Waals surface area contributed by atoms with E-state index in [0.717, 1.165) is 21.9 Å². The van der Waals surface area contributed by atoms with Gasteiger partial charge in [0.1, 0.15) is 22.5 Å². The quantitative estimate of drug-likeness (QED) is 0.246. The van der Waals surface area contributed by atoms with Gasteiger partial charge in [0, 0.05) is 21.0 Å². The smallest absolute Gasteiger partial charge is 0.154 e. The van der Waals surface area contributed by atoms with Gasteiger partial charge in [-0.25, -0.2) is 4.98 Å². The highest BCUT2D eigenvalue weighted by Crippen LogP contribution is 2.34. The lowest BCUT2D eigenvalue weighted by atomic mass is 10.0. The molecule has 0 fully saturated rings. The second-order valence-corrected chi connectivity index (χ2v) is 8.83. The maximum Gasteiger partial charge on any atom is 0.154 e. The van der Waals surface area contributed by atoms with Crippen LogP contribution in [0.5, 0.6) is 0 Å².